The van der Waals surface area contributed by atoms with Gasteiger partial charge in [-0.25, -0.2) is 23.1 Å². The molecule has 7 nitrogen and oxygen atoms in total. The molecular formula is C21H18F3N3O4. The molecule has 0 bridgehead atoms. The third kappa shape index (κ3) is 3.61. The van der Waals surface area contributed by atoms with Crippen molar-refractivity contribution in [2.75, 3.05) is 25.6 Å². The summed E-state index contributed by atoms with van der Waals surface area (Å²) in [6, 6.07) is 6.80. The minimum atomic E-state index is -1.17. The summed E-state index contributed by atoms with van der Waals surface area (Å²) in [7, 11) is 1.48. The minimum absolute atomic E-state index is 0.0176. The largest absolute Gasteiger partial charge is 0.493 e. The Hall–Kier alpha value is -3.11. The highest BCUT2D eigenvalue weighted by atomic mass is 19.2. The molecular weight excluding hydrogens is 415 g/mol. The Balaban J connectivity index is 1.45. The van der Waals surface area contributed by atoms with E-state index >= 15 is 0 Å². The smallest absolute Gasteiger partial charge is 0.164 e. The molecule has 1 aromatic heterocycles. The fourth-order valence-corrected chi connectivity index (χ4v) is 3.81. The molecule has 2 fully saturated rings. The minimum Gasteiger partial charge on any atom is -0.493 e. The van der Waals surface area contributed by atoms with Gasteiger partial charge in [-0.1, -0.05) is 0 Å². The van der Waals surface area contributed by atoms with Crippen LogP contribution in [0.3, 0.4) is 0 Å². The molecule has 3 aromatic rings. The normalized spacial score (nSPS) is 24.9. The van der Waals surface area contributed by atoms with Crippen LogP contribution in [0.25, 0.3) is 10.9 Å². The number of ether oxygens (including phenoxy) is 4. The van der Waals surface area contributed by atoms with Gasteiger partial charge in [-0.05, 0) is 18.2 Å². The molecule has 162 valence electrons. The average Bonchev–Trinajstić information content (AvgIpc) is 3.34. The van der Waals surface area contributed by atoms with Crippen LogP contribution in [0, 0.1) is 11.6 Å². The quantitative estimate of drug-likeness (QED) is 0.660. The maximum Gasteiger partial charge on any atom is 0.164 e. The first-order valence-electron chi connectivity index (χ1n) is 9.62. The number of anilines is 2. The van der Waals surface area contributed by atoms with E-state index in [1.807, 2.05) is 0 Å². The number of nitrogens with one attached hydrogen (secondary N) is 1. The number of hydrogen-bond donors (Lipinski definition) is 1. The Labute approximate surface area is 175 Å². The van der Waals surface area contributed by atoms with Crippen LogP contribution in [0.5, 0.6) is 11.5 Å². The van der Waals surface area contributed by atoms with Crippen molar-refractivity contribution >= 4 is 22.4 Å². The number of nitrogens with zero attached hydrogens (tertiary/aromatic N) is 2. The molecule has 2 aliphatic heterocycles. The van der Waals surface area contributed by atoms with Crippen LogP contribution >= 0.6 is 0 Å². The summed E-state index contributed by atoms with van der Waals surface area (Å²) in [6.45, 7) is 0.180. The second-order valence-electron chi connectivity index (χ2n) is 7.26. The van der Waals surface area contributed by atoms with E-state index in [1.54, 1.807) is 12.1 Å². The summed E-state index contributed by atoms with van der Waals surface area (Å²) in [5, 5.41) is 3.54. The van der Waals surface area contributed by atoms with Crippen molar-refractivity contribution in [2.24, 2.45) is 0 Å². The highest BCUT2D eigenvalue weighted by Gasteiger charge is 2.49. The third-order valence-electron chi connectivity index (χ3n) is 5.33. The van der Waals surface area contributed by atoms with Crippen LogP contribution in [0.2, 0.25) is 0 Å². The number of benzene rings is 2. The lowest BCUT2D eigenvalue weighted by atomic mass is 10.1. The van der Waals surface area contributed by atoms with Gasteiger partial charge in [0.05, 0.1) is 25.8 Å². The van der Waals surface area contributed by atoms with Gasteiger partial charge in [0, 0.05) is 23.2 Å². The van der Waals surface area contributed by atoms with E-state index in [0.29, 0.717) is 33.9 Å². The van der Waals surface area contributed by atoms with Crippen LogP contribution < -0.4 is 14.8 Å². The van der Waals surface area contributed by atoms with Gasteiger partial charge in [0.15, 0.2) is 35.4 Å². The predicted molar refractivity (Wildman–Crippen MR) is 105 cm³/mol. The Bertz CT molecular complexity index is 1130. The first-order valence-corrected chi connectivity index (χ1v) is 9.62. The fraction of sp³-hybridized carbons (Fsp3) is 0.333. The van der Waals surface area contributed by atoms with Crippen LogP contribution in [-0.2, 0) is 9.47 Å². The SMILES string of the molecule is COc1cc2c(Nc3ccc(F)c(F)c3)ncnc2cc1OC1CO[C@H]2C(F)CO[C@@H]12. The van der Waals surface area contributed by atoms with Gasteiger partial charge in [-0.2, -0.15) is 0 Å². The first-order chi connectivity index (χ1) is 15.0. The molecule has 5 rings (SSSR count). The zero-order valence-electron chi connectivity index (χ0n) is 16.3. The number of hydrogen-bond acceptors (Lipinski definition) is 7. The first kappa shape index (κ1) is 19.8. The second-order valence-corrected chi connectivity index (χ2v) is 7.26. The van der Waals surface area contributed by atoms with Crippen molar-refractivity contribution in [3.63, 3.8) is 0 Å². The molecule has 0 saturated carbocycles. The highest BCUT2D eigenvalue weighted by molar-refractivity contribution is 5.93. The summed E-state index contributed by atoms with van der Waals surface area (Å²) in [4.78, 5) is 8.46. The molecule has 2 aromatic carbocycles. The van der Waals surface area contributed by atoms with Gasteiger partial charge in [0.2, 0.25) is 0 Å². The summed E-state index contributed by atoms with van der Waals surface area (Å²) in [6.07, 6.45) is -1.45. The Morgan fingerprint density at radius 1 is 1.00 bits per heavy atom. The average molecular weight is 433 g/mol. The second kappa shape index (κ2) is 7.86. The van der Waals surface area contributed by atoms with Gasteiger partial charge in [-0.15, -0.1) is 0 Å². The third-order valence-corrected chi connectivity index (χ3v) is 5.33. The molecule has 10 heteroatoms. The van der Waals surface area contributed by atoms with Crippen molar-refractivity contribution in [2.45, 2.75) is 24.5 Å². The van der Waals surface area contributed by atoms with Gasteiger partial charge in [-0.3, -0.25) is 0 Å². The number of rotatable bonds is 5. The number of halogens is 3. The molecule has 0 amide bonds. The van der Waals surface area contributed by atoms with E-state index in [0.717, 1.165) is 12.1 Å². The van der Waals surface area contributed by atoms with Crippen molar-refractivity contribution in [1.82, 2.24) is 9.97 Å². The van der Waals surface area contributed by atoms with Gasteiger partial charge in [0.25, 0.3) is 0 Å². The highest BCUT2D eigenvalue weighted by Crippen LogP contribution is 2.38. The van der Waals surface area contributed by atoms with Crippen LogP contribution in [0.1, 0.15) is 0 Å². The summed E-state index contributed by atoms with van der Waals surface area (Å²) in [5.74, 6) is -0.741. The maximum atomic E-state index is 13.8. The Kier molecular flexibility index (Phi) is 5.03. The number of methoxy groups -OCH3 is 1. The number of aromatic nitrogens is 2. The molecule has 0 aliphatic carbocycles. The molecule has 31 heavy (non-hydrogen) atoms. The van der Waals surface area contributed by atoms with Gasteiger partial charge >= 0.3 is 0 Å². The van der Waals surface area contributed by atoms with E-state index in [4.69, 9.17) is 18.9 Å². The molecule has 0 radical (unpaired) electrons. The van der Waals surface area contributed by atoms with E-state index in [-0.39, 0.29) is 13.2 Å². The number of alkyl halides is 1. The standard InChI is InChI=1S/C21H18F3N3O4/c1-28-16-5-11-15(6-17(16)31-18-8-30-19-14(24)7-29-20(18)19)25-9-26-21(11)27-10-2-3-12(22)13(23)4-10/h2-6,9,14,18-20H,7-8H2,1H3,(H,25,26,27)/t14?,18?,19-,20-/m0/s1. The lowest BCUT2D eigenvalue weighted by Gasteiger charge is -2.20. The molecule has 4 atom stereocenters. The molecule has 3 heterocycles. The topological polar surface area (TPSA) is 74.7 Å². The van der Waals surface area contributed by atoms with Crippen molar-refractivity contribution in [3.8, 4) is 11.5 Å². The predicted octanol–water partition coefficient (Wildman–Crippen LogP) is 3.54. The van der Waals surface area contributed by atoms with Crippen LogP contribution in [0.15, 0.2) is 36.7 Å². The van der Waals surface area contributed by atoms with Gasteiger partial charge in [0.1, 0.15) is 24.4 Å². The monoisotopic (exact) mass is 433 g/mol. The van der Waals surface area contributed by atoms with Crippen molar-refractivity contribution in [3.05, 3.63) is 48.3 Å². The van der Waals surface area contributed by atoms with E-state index in [2.05, 4.69) is 15.3 Å². The molecule has 2 aliphatic rings. The number of fused-ring (bicyclic) bond motifs is 2. The van der Waals surface area contributed by atoms with Crippen molar-refractivity contribution < 1.29 is 32.1 Å². The molecule has 2 unspecified atom stereocenters. The van der Waals surface area contributed by atoms with E-state index in [9.17, 15) is 13.2 Å². The fourth-order valence-electron chi connectivity index (χ4n) is 3.81. The van der Waals surface area contributed by atoms with Crippen LogP contribution in [0.4, 0.5) is 24.7 Å². The Morgan fingerprint density at radius 2 is 1.84 bits per heavy atom. The summed E-state index contributed by atoms with van der Waals surface area (Å²) < 4.78 is 63.0. The maximum absolute atomic E-state index is 13.8. The lowest BCUT2D eigenvalue weighted by Crippen LogP contribution is -2.33. The van der Waals surface area contributed by atoms with Crippen molar-refractivity contribution in [1.29, 1.82) is 0 Å². The van der Waals surface area contributed by atoms with E-state index < -0.39 is 36.1 Å². The zero-order chi connectivity index (χ0) is 21.5. The molecule has 0 spiro atoms. The van der Waals surface area contributed by atoms with E-state index in [1.165, 1.54) is 19.5 Å². The van der Waals surface area contributed by atoms with Crippen LogP contribution in [-0.4, -0.2) is 54.8 Å². The zero-order valence-corrected chi connectivity index (χ0v) is 16.3. The molecule has 1 N–H and O–H groups in total. The summed E-state index contributed by atoms with van der Waals surface area (Å²) in [5.41, 5.74) is 0.855. The summed E-state index contributed by atoms with van der Waals surface area (Å²) >= 11 is 0. The van der Waals surface area contributed by atoms with Gasteiger partial charge < -0.3 is 24.3 Å². The Morgan fingerprint density at radius 3 is 2.65 bits per heavy atom. The lowest BCUT2D eigenvalue weighted by molar-refractivity contribution is 0.0271. The molecule has 2 saturated heterocycles.